The van der Waals surface area contributed by atoms with Gasteiger partial charge >= 0.3 is 11.9 Å². The van der Waals surface area contributed by atoms with Crippen molar-refractivity contribution in [2.75, 3.05) is 13.2 Å². The standard InChI is InChI=1S/C20H26O4/c1-3-11-23-19(21)10-9-16-13-15-7-5-6-8-17(15)18(16)14-20(22)24-12-4-2/h5-8H,3-4,9-14H2,1-2H3. The lowest BCUT2D eigenvalue weighted by molar-refractivity contribution is -0.144. The molecule has 1 aromatic carbocycles. The van der Waals surface area contributed by atoms with Crippen molar-refractivity contribution in [2.45, 2.75) is 52.4 Å². The minimum absolute atomic E-state index is 0.173. The summed E-state index contributed by atoms with van der Waals surface area (Å²) in [4.78, 5) is 23.8. The van der Waals surface area contributed by atoms with Crippen LogP contribution in [0.15, 0.2) is 29.8 Å². The Hall–Kier alpha value is -2.10. The second kappa shape index (κ2) is 9.26. The van der Waals surface area contributed by atoms with Crippen molar-refractivity contribution in [3.8, 4) is 0 Å². The van der Waals surface area contributed by atoms with Crippen molar-refractivity contribution in [1.29, 1.82) is 0 Å². The number of ether oxygens (including phenoxy) is 2. The number of hydrogen-bond donors (Lipinski definition) is 0. The summed E-state index contributed by atoms with van der Waals surface area (Å²) in [5.74, 6) is -0.372. The number of rotatable bonds is 9. The molecule has 0 atom stereocenters. The molecule has 2 rings (SSSR count). The van der Waals surface area contributed by atoms with Gasteiger partial charge in [-0.2, -0.15) is 0 Å². The van der Waals surface area contributed by atoms with E-state index >= 15 is 0 Å². The third-order valence-electron chi connectivity index (χ3n) is 4.06. The Bertz CT molecular complexity index is 616. The van der Waals surface area contributed by atoms with Crippen LogP contribution in [0.2, 0.25) is 0 Å². The summed E-state index contributed by atoms with van der Waals surface area (Å²) in [5.41, 5.74) is 4.50. The van der Waals surface area contributed by atoms with Crippen LogP contribution in [0.5, 0.6) is 0 Å². The second-order valence-electron chi connectivity index (χ2n) is 6.03. The first kappa shape index (κ1) is 18.2. The van der Waals surface area contributed by atoms with Crippen LogP contribution < -0.4 is 0 Å². The summed E-state index contributed by atoms with van der Waals surface area (Å²) in [6.45, 7) is 4.87. The maximum absolute atomic E-state index is 12.0. The molecule has 0 fully saturated rings. The van der Waals surface area contributed by atoms with E-state index in [1.54, 1.807) is 0 Å². The topological polar surface area (TPSA) is 52.6 Å². The summed E-state index contributed by atoms with van der Waals surface area (Å²) >= 11 is 0. The Morgan fingerprint density at radius 2 is 1.67 bits per heavy atom. The summed E-state index contributed by atoms with van der Waals surface area (Å²) in [5, 5.41) is 0. The summed E-state index contributed by atoms with van der Waals surface area (Å²) in [6.07, 6.45) is 3.71. The van der Waals surface area contributed by atoms with Crippen LogP contribution in [0.25, 0.3) is 5.57 Å². The first-order chi connectivity index (χ1) is 11.7. The summed E-state index contributed by atoms with van der Waals surface area (Å²) in [7, 11) is 0. The number of carbonyl (C=O) groups excluding carboxylic acids is 2. The van der Waals surface area contributed by atoms with E-state index in [0.717, 1.165) is 36.0 Å². The lowest BCUT2D eigenvalue weighted by Gasteiger charge is -2.09. The maximum atomic E-state index is 12.0. The molecule has 0 aromatic heterocycles. The fraction of sp³-hybridized carbons (Fsp3) is 0.500. The molecule has 0 bridgehead atoms. The molecule has 1 aromatic rings. The van der Waals surface area contributed by atoms with E-state index in [0.29, 0.717) is 26.1 Å². The van der Waals surface area contributed by atoms with Gasteiger partial charge in [-0.1, -0.05) is 43.7 Å². The van der Waals surface area contributed by atoms with Crippen molar-refractivity contribution in [3.63, 3.8) is 0 Å². The van der Waals surface area contributed by atoms with Crippen LogP contribution in [-0.4, -0.2) is 25.2 Å². The summed E-state index contributed by atoms with van der Waals surface area (Å²) < 4.78 is 10.4. The molecule has 0 spiro atoms. The van der Waals surface area contributed by atoms with Gasteiger partial charge in [-0.25, -0.2) is 0 Å². The molecule has 4 heteroatoms. The lowest BCUT2D eigenvalue weighted by atomic mass is 10.0. The van der Waals surface area contributed by atoms with Crippen molar-refractivity contribution < 1.29 is 19.1 Å². The maximum Gasteiger partial charge on any atom is 0.310 e. The Balaban J connectivity index is 2.07. The highest BCUT2D eigenvalue weighted by Crippen LogP contribution is 2.37. The van der Waals surface area contributed by atoms with Crippen LogP contribution >= 0.6 is 0 Å². The molecule has 130 valence electrons. The number of carbonyl (C=O) groups is 2. The third kappa shape index (κ3) is 4.95. The smallest absolute Gasteiger partial charge is 0.310 e. The van der Waals surface area contributed by atoms with E-state index in [-0.39, 0.29) is 18.4 Å². The predicted molar refractivity (Wildman–Crippen MR) is 93.4 cm³/mol. The van der Waals surface area contributed by atoms with Crippen molar-refractivity contribution in [2.24, 2.45) is 0 Å². The molecule has 24 heavy (non-hydrogen) atoms. The van der Waals surface area contributed by atoms with Gasteiger partial charge in [-0.05, 0) is 42.4 Å². The van der Waals surface area contributed by atoms with Gasteiger partial charge in [0.1, 0.15) is 0 Å². The molecule has 4 nitrogen and oxygen atoms in total. The molecular formula is C20H26O4. The number of fused-ring (bicyclic) bond motifs is 1. The summed E-state index contributed by atoms with van der Waals surface area (Å²) in [6, 6.07) is 8.11. The van der Waals surface area contributed by atoms with Crippen molar-refractivity contribution in [1.82, 2.24) is 0 Å². The minimum Gasteiger partial charge on any atom is -0.466 e. The Morgan fingerprint density at radius 3 is 2.38 bits per heavy atom. The minimum atomic E-state index is -0.199. The van der Waals surface area contributed by atoms with Crippen LogP contribution in [-0.2, 0) is 25.5 Å². The Labute approximate surface area is 143 Å². The van der Waals surface area contributed by atoms with Crippen LogP contribution in [0.1, 0.15) is 57.1 Å². The Morgan fingerprint density at radius 1 is 1.00 bits per heavy atom. The van der Waals surface area contributed by atoms with Gasteiger partial charge in [-0.3, -0.25) is 9.59 Å². The van der Waals surface area contributed by atoms with Crippen LogP contribution in [0.4, 0.5) is 0 Å². The molecule has 0 heterocycles. The number of allylic oxidation sites excluding steroid dienone is 1. The van der Waals surface area contributed by atoms with Gasteiger partial charge in [0, 0.05) is 6.42 Å². The molecule has 0 saturated carbocycles. The van der Waals surface area contributed by atoms with E-state index in [9.17, 15) is 9.59 Å². The van der Waals surface area contributed by atoms with Crippen molar-refractivity contribution in [3.05, 3.63) is 41.0 Å². The first-order valence-electron chi connectivity index (χ1n) is 8.76. The quantitative estimate of drug-likeness (QED) is 0.640. The van der Waals surface area contributed by atoms with Gasteiger partial charge in [0.25, 0.3) is 0 Å². The predicted octanol–water partition coefficient (Wildman–Crippen LogP) is 4.07. The molecule has 0 aliphatic heterocycles. The highest BCUT2D eigenvalue weighted by Gasteiger charge is 2.23. The van der Waals surface area contributed by atoms with Crippen LogP contribution in [0.3, 0.4) is 0 Å². The van der Waals surface area contributed by atoms with E-state index < -0.39 is 0 Å². The van der Waals surface area contributed by atoms with Crippen LogP contribution in [0, 0.1) is 0 Å². The van der Waals surface area contributed by atoms with Gasteiger partial charge in [0.2, 0.25) is 0 Å². The van der Waals surface area contributed by atoms with Gasteiger partial charge in [0.05, 0.1) is 19.6 Å². The SMILES string of the molecule is CCCOC(=O)CCC1=C(CC(=O)OCCC)c2ccccc2C1. The van der Waals surface area contributed by atoms with E-state index in [4.69, 9.17) is 9.47 Å². The molecule has 0 amide bonds. The van der Waals surface area contributed by atoms with Crippen molar-refractivity contribution >= 4 is 17.5 Å². The lowest BCUT2D eigenvalue weighted by Crippen LogP contribution is -2.08. The number of benzene rings is 1. The number of esters is 2. The van der Waals surface area contributed by atoms with E-state index in [1.807, 2.05) is 32.0 Å². The van der Waals surface area contributed by atoms with Gasteiger partial charge in [0.15, 0.2) is 0 Å². The highest BCUT2D eigenvalue weighted by molar-refractivity contribution is 5.89. The Kier molecular flexibility index (Phi) is 7.04. The highest BCUT2D eigenvalue weighted by atomic mass is 16.5. The molecule has 0 unspecified atom stereocenters. The molecule has 1 aliphatic carbocycles. The fourth-order valence-electron chi connectivity index (χ4n) is 2.91. The average Bonchev–Trinajstić information content (AvgIpc) is 2.94. The molecular weight excluding hydrogens is 304 g/mol. The van der Waals surface area contributed by atoms with E-state index in [2.05, 4.69) is 6.07 Å². The largest absolute Gasteiger partial charge is 0.466 e. The zero-order chi connectivity index (χ0) is 17.4. The second-order valence-corrected chi connectivity index (χ2v) is 6.03. The molecule has 1 aliphatic rings. The normalized spacial score (nSPS) is 12.9. The molecule has 0 N–H and O–H groups in total. The van der Waals surface area contributed by atoms with E-state index in [1.165, 1.54) is 5.56 Å². The first-order valence-corrected chi connectivity index (χ1v) is 8.76. The number of hydrogen-bond acceptors (Lipinski definition) is 4. The van der Waals surface area contributed by atoms with Gasteiger partial charge in [-0.15, -0.1) is 0 Å². The average molecular weight is 330 g/mol. The fourth-order valence-corrected chi connectivity index (χ4v) is 2.91. The zero-order valence-electron chi connectivity index (χ0n) is 14.6. The monoisotopic (exact) mass is 330 g/mol. The molecule has 0 saturated heterocycles. The molecule has 0 radical (unpaired) electrons. The zero-order valence-corrected chi connectivity index (χ0v) is 14.6. The van der Waals surface area contributed by atoms with Gasteiger partial charge < -0.3 is 9.47 Å². The third-order valence-corrected chi connectivity index (χ3v) is 4.06.